The summed E-state index contributed by atoms with van der Waals surface area (Å²) in [5.41, 5.74) is 0. The minimum Gasteiger partial charge on any atom is -0.462 e. The van der Waals surface area contributed by atoms with Crippen LogP contribution in [0.2, 0.25) is 0 Å². The first-order valence-electron chi connectivity index (χ1n) is 28.4. The summed E-state index contributed by atoms with van der Waals surface area (Å²) in [6.07, 6.45) is 67.3. The van der Waals surface area contributed by atoms with Crippen LogP contribution in [0.3, 0.4) is 0 Å². The summed E-state index contributed by atoms with van der Waals surface area (Å²) in [5, 5.41) is 9.81. The molecule has 0 aliphatic carbocycles. The van der Waals surface area contributed by atoms with Crippen molar-refractivity contribution in [3.63, 3.8) is 0 Å². The molecule has 0 heterocycles. The van der Waals surface area contributed by atoms with E-state index in [1.165, 1.54) is 19.3 Å². The molecule has 3 unspecified atom stereocenters. The molecule has 3 atom stereocenters. The van der Waals surface area contributed by atoms with E-state index in [1.807, 2.05) is 0 Å². The van der Waals surface area contributed by atoms with Crippen LogP contribution < -0.4 is 0 Å². The Morgan fingerprint density at radius 2 is 0.703 bits per heavy atom. The molecule has 0 radical (unpaired) electrons. The second kappa shape index (κ2) is 55.1. The number of esters is 3. The Morgan fingerprint density at radius 3 is 1.09 bits per heavy atom. The number of aliphatic hydroxyl groups is 1. The Kier molecular flexibility index (Phi) is 52.1. The van der Waals surface area contributed by atoms with Crippen molar-refractivity contribution in [2.45, 2.75) is 226 Å². The van der Waals surface area contributed by atoms with Gasteiger partial charge in [-0.2, -0.15) is 0 Å². The van der Waals surface area contributed by atoms with Gasteiger partial charge in [-0.15, -0.1) is 0 Å². The highest BCUT2D eigenvalue weighted by atomic mass is 31.2. The van der Waals surface area contributed by atoms with Gasteiger partial charge in [0.2, 0.25) is 0 Å². The number of rotatable bonds is 51. The Morgan fingerprint density at radius 1 is 0.392 bits per heavy atom. The zero-order chi connectivity index (χ0) is 54.1. The molecule has 0 amide bonds. The lowest BCUT2D eigenvalue weighted by molar-refractivity contribution is -0.161. The lowest BCUT2D eigenvalue weighted by Crippen LogP contribution is -2.30. The fourth-order valence-electron chi connectivity index (χ4n) is 7.07. The summed E-state index contributed by atoms with van der Waals surface area (Å²) >= 11 is 0. The molecule has 0 aromatic heterocycles. The minimum atomic E-state index is -4.77. The van der Waals surface area contributed by atoms with Crippen molar-refractivity contribution in [1.29, 1.82) is 0 Å². The number of hydrogen-bond donors (Lipinski definition) is 2. The van der Waals surface area contributed by atoms with Crippen molar-refractivity contribution in [3.8, 4) is 0 Å². The van der Waals surface area contributed by atoms with E-state index in [1.54, 1.807) is 0 Å². The number of allylic oxidation sites excluding steroid dienone is 20. The predicted octanol–water partition coefficient (Wildman–Crippen LogP) is 16.8. The van der Waals surface area contributed by atoms with Gasteiger partial charge in [0.25, 0.3) is 0 Å². The number of carbonyl (C=O) groups excluding carboxylic acids is 3. The second-order valence-electron chi connectivity index (χ2n) is 18.3. The second-order valence-corrected chi connectivity index (χ2v) is 19.8. The van der Waals surface area contributed by atoms with Crippen molar-refractivity contribution in [2.75, 3.05) is 26.4 Å². The summed E-state index contributed by atoms with van der Waals surface area (Å²) in [4.78, 5) is 48.5. The molecule has 0 fully saturated rings. The van der Waals surface area contributed by atoms with Gasteiger partial charge in [-0.1, -0.05) is 187 Å². The van der Waals surface area contributed by atoms with Crippen LogP contribution in [0.4, 0.5) is 0 Å². The van der Waals surface area contributed by atoms with E-state index >= 15 is 0 Å². The molecule has 2 N–H and O–H groups in total. The average molecular weight is 1050 g/mol. The summed E-state index contributed by atoms with van der Waals surface area (Å²) in [6.45, 7) is 4.28. The third kappa shape index (κ3) is 52.7. The van der Waals surface area contributed by atoms with Crippen LogP contribution in [0.1, 0.15) is 213 Å². The number of carbonyl (C=O) groups is 3. The monoisotopic (exact) mass is 1050 g/mol. The maximum Gasteiger partial charge on any atom is 0.472 e. The van der Waals surface area contributed by atoms with E-state index in [0.29, 0.717) is 19.3 Å². The maximum atomic E-state index is 12.9. The molecule has 0 aromatic rings. The molecule has 0 aromatic carbocycles. The van der Waals surface area contributed by atoms with Crippen LogP contribution in [0.5, 0.6) is 0 Å². The molecular weight excluding hydrogens is 952 g/mol. The molecule has 0 saturated carbocycles. The summed E-state index contributed by atoms with van der Waals surface area (Å²) < 4.78 is 39.4. The summed E-state index contributed by atoms with van der Waals surface area (Å²) in [6, 6.07) is 0. The zero-order valence-corrected chi connectivity index (χ0v) is 47.2. The normalized spacial score (nSPS) is 14.3. The number of phosphoric acid groups is 1. The third-order valence-corrected chi connectivity index (χ3v) is 12.3. The van der Waals surface area contributed by atoms with Crippen molar-refractivity contribution < 1.29 is 52.2 Å². The van der Waals surface area contributed by atoms with E-state index in [-0.39, 0.29) is 25.9 Å². The molecule has 0 saturated heterocycles. The Balaban J connectivity index is 4.84. The topological polar surface area (TPSA) is 155 Å². The van der Waals surface area contributed by atoms with Gasteiger partial charge in [0.05, 0.1) is 19.8 Å². The largest absolute Gasteiger partial charge is 0.472 e. The first-order chi connectivity index (χ1) is 36.2. The van der Waals surface area contributed by atoms with Crippen molar-refractivity contribution in [1.82, 2.24) is 0 Å². The van der Waals surface area contributed by atoms with Gasteiger partial charge in [-0.25, -0.2) is 4.57 Å². The first-order valence-corrected chi connectivity index (χ1v) is 29.9. The smallest absolute Gasteiger partial charge is 0.462 e. The quantitative estimate of drug-likeness (QED) is 0.0197. The van der Waals surface area contributed by atoms with Crippen molar-refractivity contribution in [2.24, 2.45) is 0 Å². The molecule has 12 heteroatoms. The van der Waals surface area contributed by atoms with Gasteiger partial charge in [-0.05, 0) is 128 Å². The van der Waals surface area contributed by atoms with Crippen molar-refractivity contribution in [3.05, 3.63) is 122 Å². The van der Waals surface area contributed by atoms with E-state index in [4.69, 9.17) is 23.3 Å². The van der Waals surface area contributed by atoms with Gasteiger partial charge in [0.15, 0.2) is 6.10 Å². The molecule has 11 nitrogen and oxygen atoms in total. The van der Waals surface area contributed by atoms with E-state index < -0.39 is 57.8 Å². The molecule has 0 bridgehead atoms. The highest BCUT2D eigenvalue weighted by Crippen LogP contribution is 2.43. The Bertz CT molecular complexity index is 1700. The van der Waals surface area contributed by atoms with Crippen molar-refractivity contribution >= 4 is 25.7 Å². The molecule has 0 aliphatic heterocycles. The van der Waals surface area contributed by atoms with Crippen LogP contribution in [0.25, 0.3) is 0 Å². The number of unbranched alkanes of at least 4 members (excludes halogenated alkanes) is 14. The van der Waals surface area contributed by atoms with E-state index in [0.717, 1.165) is 135 Å². The molecule has 0 aliphatic rings. The number of hydrogen-bond acceptors (Lipinski definition) is 10. The van der Waals surface area contributed by atoms with E-state index in [2.05, 4.69) is 142 Å². The number of aliphatic hydroxyl groups excluding tert-OH is 1. The minimum absolute atomic E-state index is 0.114. The van der Waals surface area contributed by atoms with Crippen LogP contribution in [-0.4, -0.2) is 66.5 Å². The van der Waals surface area contributed by atoms with Gasteiger partial charge in [0.1, 0.15) is 12.7 Å². The summed E-state index contributed by atoms with van der Waals surface area (Å²) in [7, 11) is -4.77. The number of phosphoric ester groups is 1. The first kappa shape index (κ1) is 69.9. The molecule has 0 rings (SSSR count). The lowest BCUT2D eigenvalue weighted by atomic mass is 10.1. The van der Waals surface area contributed by atoms with Gasteiger partial charge in [-0.3, -0.25) is 23.4 Å². The van der Waals surface area contributed by atoms with Crippen LogP contribution in [0, 0.1) is 0 Å². The van der Waals surface area contributed by atoms with Gasteiger partial charge >= 0.3 is 25.7 Å². The molecule has 74 heavy (non-hydrogen) atoms. The Hall–Kier alpha value is -4.12. The Labute approximate surface area is 449 Å². The third-order valence-electron chi connectivity index (χ3n) is 11.3. The SMILES string of the molecule is CC/C=C\C/C=C\C/C=C\C/C=C\C/C=C\CCCCCC(=O)OC(COC(=O)CCCCC/C=C\C/C=C\C/C=C\CC)COP(=O)(O)OCC(CO)OC(=O)CCCCCCC/C=C\C/C=C\CCCCC. The highest BCUT2D eigenvalue weighted by Gasteiger charge is 2.28. The average Bonchev–Trinajstić information content (AvgIpc) is 3.39. The fourth-order valence-corrected chi connectivity index (χ4v) is 7.86. The molecule has 0 spiro atoms. The maximum absolute atomic E-state index is 12.9. The predicted molar refractivity (Wildman–Crippen MR) is 306 cm³/mol. The fraction of sp³-hybridized carbons (Fsp3) is 0.629. The van der Waals surface area contributed by atoms with Crippen LogP contribution >= 0.6 is 7.82 Å². The summed E-state index contributed by atoms with van der Waals surface area (Å²) in [5.74, 6) is -1.57. The zero-order valence-electron chi connectivity index (χ0n) is 46.3. The standard InChI is InChI=1S/C62H101O11P/c1-4-7-10-13-16-19-22-25-27-28-29-30-32-35-38-41-44-47-50-53-62(66)73-59(55-69-60(64)51-48-45-42-39-36-33-24-21-18-15-12-9-6-3)57-71-74(67,68)70-56-58(54-63)72-61(65)52-49-46-43-40-37-34-31-26-23-20-17-14-11-8-5-2/h7,9-10,12,16-21,25-27,29-31,33,35-36,38,58-59,63H,4-6,8,11,13-15,22-24,28,32,34,37,39-57H2,1-3H3,(H,67,68)/b10-7-,12-9-,19-16-,20-17-,21-18-,27-25-,30-29-,31-26-,36-33-,38-35-. The van der Waals surface area contributed by atoms with E-state index in [9.17, 15) is 28.9 Å². The lowest BCUT2D eigenvalue weighted by Gasteiger charge is -2.21. The van der Waals surface area contributed by atoms with Gasteiger partial charge < -0.3 is 24.2 Å². The van der Waals surface area contributed by atoms with Gasteiger partial charge in [0, 0.05) is 19.3 Å². The molecule has 420 valence electrons. The van der Waals surface area contributed by atoms with Crippen LogP contribution in [-0.2, 0) is 42.2 Å². The van der Waals surface area contributed by atoms with Crippen LogP contribution in [0.15, 0.2) is 122 Å². The highest BCUT2D eigenvalue weighted by molar-refractivity contribution is 7.47. The molecular formula is C62H101O11P. The number of ether oxygens (including phenoxy) is 3.